The quantitative estimate of drug-likeness (QED) is 0.747. The highest BCUT2D eigenvalue weighted by molar-refractivity contribution is 5.76. The summed E-state index contributed by atoms with van der Waals surface area (Å²) in [4.78, 5) is 10.8. The Bertz CT molecular complexity index is 452. The molecule has 116 valence electrons. The van der Waals surface area contributed by atoms with E-state index in [2.05, 4.69) is 0 Å². The molecular weight excluding hydrogens is 268 g/mol. The topological polar surface area (TPSA) is 55.8 Å². The summed E-state index contributed by atoms with van der Waals surface area (Å²) in [5.74, 6) is 1.76. The van der Waals surface area contributed by atoms with E-state index in [4.69, 9.17) is 9.47 Å². The number of aliphatic hydroxyl groups excluding tert-OH is 1. The maximum Gasteiger partial charge on any atom is 0.161 e. The van der Waals surface area contributed by atoms with Crippen LogP contribution in [-0.4, -0.2) is 30.7 Å². The van der Waals surface area contributed by atoms with Gasteiger partial charge in [-0.3, -0.25) is 4.79 Å². The molecule has 0 radical (unpaired) electrons. The van der Waals surface area contributed by atoms with Crippen molar-refractivity contribution in [3.05, 3.63) is 23.8 Å². The van der Waals surface area contributed by atoms with Crippen LogP contribution >= 0.6 is 0 Å². The van der Waals surface area contributed by atoms with Crippen LogP contribution in [0.2, 0.25) is 0 Å². The molecule has 0 bridgehead atoms. The van der Waals surface area contributed by atoms with Gasteiger partial charge in [0.15, 0.2) is 11.5 Å². The largest absolute Gasteiger partial charge is 0.490 e. The molecule has 0 amide bonds. The second-order valence-electron chi connectivity index (χ2n) is 5.61. The standard InChI is InChI=1S/C17H24O4/c1-2-20-17-10-14(11-18)7-8-16(17)21-12-15(19)9-13-5-3-4-6-13/h7-8,10-11,13,15,19H,2-6,9,12H2,1H3. The highest BCUT2D eigenvalue weighted by atomic mass is 16.5. The molecule has 0 aliphatic heterocycles. The van der Waals surface area contributed by atoms with Crippen LogP contribution < -0.4 is 9.47 Å². The van der Waals surface area contributed by atoms with Crippen LogP contribution in [0.15, 0.2) is 18.2 Å². The lowest BCUT2D eigenvalue weighted by Crippen LogP contribution is -2.20. The number of carbonyl (C=O) groups excluding carboxylic acids is 1. The molecule has 1 fully saturated rings. The van der Waals surface area contributed by atoms with Crippen molar-refractivity contribution in [2.75, 3.05) is 13.2 Å². The van der Waals surface area contributed by atoms with Crippen molar-refractivity contribution in [1.29, 1.82) is 0 Å². The number of benzene rings is 1. The predicted octanol–water partition coefficient (Wildman–Crippen LogP) is 3.22. The Morgan fingerprint density at radius 3 is 2.71 bits per heavy atom. The molecule has 0 heterocycles. The number of hydrogen-bond donors (Lipinski definition) is 1. The van der Waals surface area contributed by atoms with Gasteiger partial charge in [-0.15, -0.1) is 0 Å². The molecule has 1 unspecified atom stereocenters. The van der Waals surface area contributed by atoms with Crippen molar-refractivity contribution < 1.29 is 19.4 Å². The van der Waals surface area contributed by atoms with E-state index >= 15 is 0 Å². The summed E-state index contributed by atoms with van der Waals surface area (Å²) in [6, 6.07) is 5.07. The van der Waals surface area contributed by atoms with Gasteiger partial charge in [-0.2, -0.15) is 0 Å². The maximum atomic E-state index is 10.8. The Morgan fingerprint density at radius 1 is 1.29 bits per heavy atom. The zero-order valence-corrected chi connectivity index (χ0v) is 12.6. The SMILES string of the molecule is CCOc1cc(C=O)ccc1OCC(O)CC1CCCC1. The lowest BCUT2D eigenvalue weighted by molar-refractivity contribution is 0.0838. The van der Waals surface area contributed by atoms with E-state index in [1.807, 2.05) is 6.92 Å². The second kappa shape index (κ2) is 8.03. The Balaban J connectivity index is 1.90. The fraction of sp³-hybridized carbons (Fsp3) is 0.588. The molecule has 1 aliphatic rings. The third kappa shape index (κ3) is 4.74. The first kappa shape index (κ1) is 15.8. The molecular formula is C17H24O4. The van der Waals surface area contributed by atoms with Crippen LogP contribution in [0, 0.1) is 5.92 Å². The van der Waals surface area contributed by atoms with Crippen LogP contribution in [0.4, 0.5) is 0 Å². The second-order valence-corrected chi connectivity index (χ2v) is 5.61. The van der Waals surface area contributed by atoms with Gasteiger partial charge >= 0.3 is 0 Å². The molecule has 0 aromatic heterocycles. The fourth-order valence-corrected chi connectivity index (χ4v) is 2.87. The van der Waals surface area contributed by atoms with E-state index in [9.17, 15) is 9.90 Å². The van der Waals surface area contributed by atoms with Gasteiger partial charge in [-0.25, -0.2) is 0 Å². The number of rotatable bonds is 8. The lowest BCUT2D eigenvalue weighted by atomic mass is 10.0. The summed E-state index contributed by atoms with van der Waals surface area (Å²) in [5.41, 5.74) is 0.553. The molecule has 1 atom stereocenters. The molecule has 0 saturated heterocycles. The van der Waals surface area contributed by atoms with Crippen molar-refractivity contribution in [2.24, 2.45) is 5.92 Å². The minimum atomic E-state index is -0.451. The minimum Gasteiger partial charge on any atom is -0.490 e. The fourth-order valence-electron chi connectivity index (χ4n) is 2.87. The van der Waals surface area contributed by atoms with Crippen molar-refractivity contribution in [1.82, 2.24) is 0 Å². The van der Waals surface area contributed by atoms with E-state index in [0.29, 0.717) is 29.6 Å². The van der Waals surface area contributed by atoms with Gasteiger partial charge in [-0.1, -0.05) is 25.7 Å². The molecule has 1 N–H and O–H groups in total. The third-order valence-electron chi connectivity index (χ3n) is 3.92. The molecule has 1 saturated carbocycles. The van der Waals surface area contributed by atoms with E-state index in [1.165, 1.54) is 25.7 Å². The number of aliphatic hydroxyl groups is 1. The molecule has 4 nitrogen and oxygen atoms in total. The molecule has 21 heavy (non-hydrogen) atoms. The summed E-state index contributed by atoms with van der Waals surface area (Å²) in [7, 11) is 0. The van der Waals surface area contributed by atoms with E-state index < -0.39 is 6.10 Å². The number of carbonyl (C=O) groups is 1. The number of ether oxygens (including phenoxy) is 2. The minimum absolute atomic E-state index is 0.261. The normalized spacial score (nSPS) is 16.7. The third-order valence-corrected chi connectivity index (χ3v) is 3.92. The molecule has 2 rings (SSSR count). The lowest BCUT2D eigenvalue weighted by Gasteiger charge is -2.17. The Morgan fingerprint density at radius 2 is 2.05 bits per heavy atom. The summed E-state index contributed by atoms with van der Waals surface area (Å²) in [6.45, 7) is 2.65. The zero-order chi connectivity index (χ0) is 15.1. The summed E-state index contributed by atoms with van der Waals surface area (Å²) in [6.07, 6.45) is 6.12. The van der Waals surface area contributed by atoms with Gasteiger partial charge in [0, 0.05) is 5.56 Å². The highest BCUT2D eigenvalue weighted by Gasteiger charge is 2.19. The molecule has 1 aromatic rings. The first-order chi connectivity index (χ1) is 10.2. The molecule has 1 aliphatic carbocycles. The number of hydrogen-bond acceptors (Lipinski definition) is 4. The Labute approximate surface area is 126 Å². The van der Waals surface area contributed by atoms with Crippen LogP contribution in [0.5, 0.6) is 11.5 Å². The molecule has 4 heteroatoms. The van der Waals surface area contributed by atoms with E-state index in [1.54, 1.807) is 18.2 Å². The summed E-state index contributed by atoms with van der Waals surface area (Å²) < 4.78 is 11.2. The first-order valence-corrected chi connectivity index (χ1v) is 7.75. The average Bonchev–Trinajstić information content (AvgIpc) is 2.99. The van der Waals surface area contributed by atoms with Gasteiger partial charge < -0.3 is 14.6 Å². The van der Waals surface area contributed by atoms with Gasteiger partial charge in [0.2, 0.25) is 0 Å². The first-order valence-electron chi connectivity index (χ1n) is 7.75. The van der Waals surface area contributed by atoms with Crippen molar-refractivity contribution in [3.8, 4) is 11.5 Å². The van der Waals surface area contributed by atoms with Gasteiger partial charge in [0.25, 0.3) is 0 Å². The monoisotopic (exact) mass is 292 g/mol. The maximum absolute atomic E-state index is 10.8. The van der Waals surface area contributed by atoms with Crippen molar-refractivity contribution in [2.45, 2.75) is 45.1 Å². The zero-order valence-electron chi connectivity index (χ0n) is 12.6. The van der Waals surface area contributed by atoms with Crippen molar-refractivity contribution >= 4 is 6.29 Å². The molecule has 1 aromatic carbocycles. The molecule has 0 spiro atoms. The highest BCUT2D eigenvalue weighted by Crippen LogP contribution is 2.30. The van der Waals surface area contributed by atoms with Gasteiger partial charge in [0.05, 0.1) is 12.7 Å². The van der Waals surface area contributed by atoms with Crippen LogP contribution in [0.1, 0.15) is 49.4 Å². The van der Waals surface area contributed by atoms with Crippen LogP contribution in [-0.2, 0) is 0 Å². The number of aldehydes is 1. The van der Waals surface area contributed by atoms with E-state index in [-0.39, 0.29) is 6.61 Å². The summed E-state index contributed by atoms with van der Waals surface area (Å²) >= 11 is 0. The smallest absolute Gasteiger partial charge is 0.161 e. The Hall–Kier alpha value is -1.55. The summed E-state index contributed by atoms with van der Waals surface area (Å²) in [5, 5.41) is 10.1. The van der Waals surface area contributed by atoms with Crippen LogP contribution in [0.3, 0.4) is 0 Å². The van der Waals surface area contributed by atoms with E-state index in [0.717, 1.165) is 12.7 Å². The van der Waals surface area contributed by atoms with Crippen molar-refractivity contribution in [3.63, 3.8) is 0 Å². The Kier molecular flexibility index (Phi) is 6.05. The predicted molar refractivity (Wildman–Crippen MR) is 81.1 cm³/mol. The van der Waals surface area contributed by atoms with Crippen LogP contribution in [0.25, 0.3) is 0 Å². The average molecular weight is 292 g/mol. The van der Waals surface area contributed by atoms with Gasteiger partial charge in [-0.05, 0) is 37.5 Å². The van der Waals surface area contributed by atoms with Gasteiger partial charge in [0.1, 0.15) is 12.9 Å².